The van der Waals surface area contributed by atoms with E-state index in [2.05, 4.69) is 31.6 Å². The van der Waals surface area contributed by atoms with E-state index in [1.165, 1.54) is 5.56 Å². The molecular weight excluding hydrogens is 509 g/mol. The van der Waals surface area contributed by atoms with Crippen LogP contribution in [0, 0.1) is 5.82 Å². The Morgan fingerprint density at radius 1 is 1.10 bits per heavy atom. The Bertz CT molecular complexity index is 1420. The molecule has 3 aromatic rings. The summed E-state index contributed by atoms with van der Waals surface area (Å²) in [4.78, 5) is 27.7. The van der Waals surface area contributed by atoms with Crippen molar-refractivity contribution in [3.8, 4) is 0 Å². The van der Waals surface area contributed by atoms with Crippen LogP contribution in [0.25, 0.3) is 0 Å². The van der Waals surface area contributed by atoms with E-state index in [1.54, 1.807) is 6.08 Å². The van der Waals surface area contributed by atoms with Gasteiger partial charge in [0.1, 0.15) is 0 Å². The van der Waals surface area contributed by atoms with Crippen molar-refractivity contribution in [1.29, 1.82) is 0 Å². The zero-order valence-corrected chi connectivity index (χ0v) is 22.9. The monoisotopic (exact) mass is 543 g/mol. The molecule has 1 spiro atoms. The van der Waals surface area contributed by atoms with Gasteiger partial charge in [0, 0.05) is 60.4 Å². The average molecular weight is 544 g/mol. The SMILES string of the molecule is CN(C)CC=CC(=O)N1CC2(CC2)c2ccc(Nc3nc(Nc4ccc(N5CCOCC5)cc4)ncc3F)cc21. The van der Waals surface area contributed by atoms with Crippen LogP contribution in [0.5, 0.6) is 0 Å². The third kappa shape index (κ3) is 5.50. The summed E-state index contributed by atoms with van der Waals surface area (Å²) >= 11 is 0. The largest absolute Gasteiger partial charge is 0.378 e. The first-order chi connectivity index (χ1) is 19.4. The van der Waals surface area contributed by atoms with Gasteiger partial charge < -0.3 is 30.1 Å². The number of hydrogen-bond donors (Lipinski definition) is 2. The number of carbonyl (C=O) groups is 1. The molecule has 0 bridgehead atoms. The second-order valence-corrected chi connectivity index (χ2v) is 10.9. The second kappa shape index (κ2) is 10.9. The van der Waals surface area contributed by atoms with E-state index >= 15 is 0 Å². The molecule has 3 heterocycles. The molecule has 0 unspecified atom stereocenters. The molecule has 40 heavy (non-hydrogen) atoms. The zero-order valence-electron chi connectivity index (χ0n) is 22.9. The van der Waals surface area contributed by atoms with Gasteiger partial charge in [0.15, 0.2) is 11.6 Å². The first-order valence-corrected chi connectivity index (χ1v) is 13.7. The fraction of sp³-hybridized carbons (Fsp3) is 0.367. The predicted octanol–water partition coefficient (Wildman–Crippen LogP) is 4.44. The number of nitrogens with one attached hydrogen (secondary N) is 2. The maximum Gasteiger partial charge on any atom is 0.250 e. The number of likely N-dealkylation sites (N-methyl/N-ethyl adjacent to an activating group) is 1. The fourth-order valence-electron chi connectivity index (χ4n) is 5.34. The van der Waals surface area contributed by atoms with Gasteiger partial charge in [-0.05, 0) is 68.9 Å². The molecule has 1 aromatic heterocycles. The average Bonchev–Trinajstić information content (AvgIpc) is 3.67. The molecule has 2 fully saturated rings. The molecule has 1 saturated heterocycles. The summed E-state index contributed by atoms with van der Waals surface area (Å²) in [6.45, 7) is 4.56. The topological polar surface area (TPSA) is 85.9 Å². The smallest absolute Gasteiger partial charge is 0.250 e. The lowest BCUT2D eigenvalue weighted by Crippen LogP contribution is -2.36. The first kappa shape index (κ1) is 26.2. The van der Waals surface area contributed by atoms with Crippen LogP contribution >= 0.6 is 0 Å². The summed E-state index contributed by atoms with van der Waals surface area (Å²) < 4.78 is 20.2. The third-order valence-electron chi connectivity index (χ3n) is 7.68. The van der Waals surface area contributed by atoms with Crippen molar-refractivity contribution < 1.29 is 13.9 Å². The number of halogens is 1. The molecule has 1 saturated carbocycles. The van der Waals surface area contributed by atoms with Gasteiger partial charge in [0.2, 0.25) is 5.95 Å². The lowest BCUT2D eigenvalue weighted by Gasteiger charge is -2.28. The minimum absolute atomic E-state index is 0.0385. The molecule has 2 aromatic carbocycles. The Hall–Kier alpha value is -4.02. The fourth-order valence-corrected chi connectivity index (χ4v) is 5.34. The van der Waals surface area contributed by atoms with Gasteiger partial charge in [-0.3, -0.25) is 4.79 Å². The van der Waals surface area contributed by atoms with E-state index < -0.39 is 5.82 Å². The van der Waals surface area contributed by atoms with Crippen LogP contribution in [0.15, 0.2) is 60.8 Å². The number of nitrogens with zero attached hydrogens (tertiary/aromatic N) is 5. The highest BCUT2D eigenvalue weighted by molar-refractivity contribution is 6.04. The Morgan fingerprint density at radius 3 is 2.58 bits per heavy atom. The number of morpholine rings is 1. The molecular formula is C30H34FN7O2. The normalized spacial score (nSPS) is 17.5. The summed E-state index contributed by atoms with van der Waals surface area (Å²) in [6.07, 6.45) is 6.81. The number of amides is 1. The Kier molecular flexibility index (Phi) is 7.12. The standard InChI is InChI=1S/C30H34FN7O2/c1-36(2)13-3-4-27(39)38-20-30(11-12-30)24-10-7-22(18-26(24)38)33-28-25(31)19-32-29(35-28)34-21-5-8-23(9-6-21)37-14-16-40-17-15-37/h3-10,18-19H,11-17,20H2,1-2H3,(H2,32,33,34,35). The summed E-state index contributed by atoms with van der Waals surface area (Å²) in [5.74, 6) is -0.260. The molecule has 1 aliphatic carbocycles. The summed E-state index contributed by atoms with van der Waals surface area (Å²) in [5, 5.41) is 6.26. The molecule has 208 valence electrons. The Balaban J connectivity index is 1.18. The van der Waals surface area contributed by atoms with Crippen molar-refractivity contribution in [3.05, 3.63) is 72.2 Å². The summed E-state index contributed by atoms with van der Waals surface area (Å²) in [5.41, 5.74) is 4.69. The van der Waals surface area contributed by atoms with Gasteiger partial charge in [-0.15, -0.1) is 0 Å². The number of anilines is 6. The van der Waals surface area contributed by atoms with Crippen LogP contribution in [0.3, 0.4) is 0 Å². The summed E-state index contributed by atoms with van der Waals surface area (Å²) in [7, 11) is 3.93. The van der Waals surface area contributed by atoms with Crippen molar-refractivity contribution in [3.63, 3.8) is 0 Å². The number of benzene rings is 2. The number of ether oxygens (including phenoxy) is 1. The van der Waals surface area contributed by atoms with Crippen molar-refractivity contribution in [1.82, 2.24) is 14.9 Å². The minimum atomic E-state index is -0.563. The number of aromatic nitrogens is 2. The molecule has 0 radical (unpaired) electrons. The highest BCUT2D eigenvalue weighted by Gasteiger charge is 2.52. The van der Waals surface area contributed by atoms with Crippen molar-refractivity contribution in [2.24, 2.45) is 0 Å². The van der Waals surface area contributed by atoms with Crippen LogP contribution in [0.1, 0.15) is 18.4 Å². The Labute approximate surface area is 233 Å². The number of fused-ring (bicyclic) bond motifs is 2. The van der Waals surface area contributed by atoms with Gasteiger partial charge >= 0.3 is 0 Å². The van der Waals surface area contributed by atoms with E-state index in [-0.39, 0.29) is 23.1 Å². The molecule has 6 rings (SSSR count). The quantitative estimate of drug-likeness (QED) is 0.404. The van der Waals surface area contributed by atoms with Crippen LogP contribution in [0.2, 0.25) is 0 Å². The van der Waals surface area contributed by atoms with Crippen LogP contribution < -0.4 is 20.4 Å². The zero-order chi connectivity index (χ0) is 27.7. The first-order valence-electron chi connectivity index (χ1n) is 13.7. The van der Waals surface area contributed by atoms with Gasteiger partial charge in [-0.2, -0.15) is 4.98 Å². The molecule has 0 atom stereocenters. The van der Waals surface area contributed by atoms with E-state index in [9.17, 15) is 9.18 Å². The lowest BCUT2D eigenvalue weighted by molar-refractivity contribution is -0.114. The molecule has 2 aliphatic heterocycles. The van der Waals surface area contributed by atoms with Gasteiger partial charge in [0.05, 0.1) is 19.4 Å². The van der Waals surface area contributed by atoms with Crippen LogP contribution in [0.4, 0.5) is 38.9 Å². The van der Waals surface area contributed by atoms with Crippen molar-refractivity contribution in [2.45, 2.75) is 18.3 Å². The van der Waals surface area contributed by atoms with E-state index in [0.29, 0.717) is 18.8 Å². The Morgan fingerprint density at radius 2 is 1.85 bits per heavy atom. The minimum Gasteiger partial charge on any atom is -0.378 e. The molecule has 10 heteroatoms. The summed E-state index contributed by atoms with van der Waals surface area (Å²) in [6, 6.07) is 13.9. The number of rotatable bonds is 8. The van der Waals surface area contributed by atoms with Crippen molar-refractivity contribution in [2.75, 3.05) is 73.9 Å². The highest BCUT2D eigenvalue weighted by Crippen LogP contribution is 2.57. The van der Waals surface area contributed by atoms with Gasteiger partial charge in [-0.1, -0.05) is 12.1 Å². The molecule has 2 N–H and O–H groups in total. The number of carbonyl (C=O) groups excluding carboxylic acids is 1. The van der Waals surface area contributed by atoms with Gasteiger partial charge in [-0.25, -0.2) is 9.37 Å². The van der Waals surface area contributed by atoms with E-state index in [4.69, 9.17) is 4.74 Å². The second-order valence-electron chi connectivity index (χ2n) is 10.9. The maximum absolute atomic E-state index is 14.8. The predicted molar refractivity (Wildman–Crippen MR) is 155 cm³/mol. The number of hydrogen-bond acceptors (Lipinski definition) is 8. The highest BCUT2D eigenvalue weighted by atomic mass is 19.1. The molecule has 1 amide bonds. The maximum atomic E-state index is 14.8. The molecule has 3 aliphatic rings. The van der Waals surface area contributed by atoms with E-state index in [0.717, 1.165) is 62.4 Å². The third-order valence-corrected chi connectivity index (χ3v) is 7.68. The van der Waals surface area contributed by atoms with Crippen LogP contribution in [-0.2, 0) is 14.9 Å². The van der Waals surface area contributed by atoms with Gasteiger partial charge in [0.25, 0.3) is 5.91 Å². The lowest BCUT2D eigenvalue weighted by atomic mass is 9.98. The van der Waals surface area contributed by atoms with E-state index in [1.807, 2.05) is 66.4 Å². The van der Waals surface area contributed by atoms with Crippen LogP contribution in [-0.4, -0.2) is 74.3 Å². The molecule has 9 nitrogen and oxygen atoms in total. The van der Waals surface area contributed by atoms with Crippen molar-refractivity contribution >= 4 is 40.4 Å².